The van der Waals surface area contributed by atoms with Gasteiger partial charge in [-0.3, -0.25) is 0 Å². The number of rotatable bonds is 3. The lowest BCUT2D eigenvalue weighted by Crippen LogP contribution is -2.36. The van der Waals surface area contributed by atoms with E-state index >= 15 is 0 Å². The van der Waals surface area contributed by atoms with E-state index in [2.05, 4.69) is 5.73 Å². The molecule has 0 saturated heterocycles. The van der Waals surface area contributed by atoms with Crippen LogP contribution < -0.4 is 11.5 Å². The van der Waals surface area contributed by atoms with Gasteiger partial charge in [-0.15, -0.1) is 0 Å². The highest BCUT2D eigenvalue weighted by Crippen LogP contribution is 2.24. The van der Waals surface area contributed by atoms with E-state index < -0.39 is 12.5 Å². The monoisotopic (exact) mass is 246 g/mol. The first-order chi connectivity index (χ1) is 7.80. The molecule has 0 bridgehead atoms. The second-order valence-corrected chi connectivity index (χ2v) is 3.34. The molecule has 0 amide bonds. The van der Waals surface area contributed by atoms with E-state index in [4.69, 9.17) is 31.3 Å². The number of aliphatic hydroxyl groups is 3. The van der Waals surface area contributed by atoms with Crippen LogP contribution in [0.3, 0.4) is 0 Å². The number of nitrogens with two attached hydrogens (primary N) is 2. The molecule has 0 aliphatic carbocycles. The van der Waals surface area contributed by atoms with Crippen molar-refractivity contribution in [2.45, 2.75) is 12.4 Å². The molecule has 0 radical (unpaired) electrons. The molecule has 0 aliphatic rings. The third-order valence-corrected chi connectivity index (χ3v) is 1.75. The molecule has 7 nitrogen and oxygen atoms in total. The Balaban J connectivity index is 0.000000366. The summed E-state index contributed by atoms with van der Waals surface area (Å²) in [5.74, 6) is -2.86. The van der Waals surface area contributed by atoms with Crippen LogP contribution in [0.2, 0.25) is 0 Å². The molecule has 0 aliphatic heterocycles. The van der Waals surface area contributed by atoms with Gasteiger partial charge in [-0.2, -0.15) is 0 Å². The van der Waals surface area contributed by atoms with Crippen LogP contribution in [0.5, 0.6) is 11.5 Å². The highest BCUT2D eigenvalue weighted by molar-refractivity contribution is 5.40. The summed E-state index contributed by atoms with van der Waals surface area (Å²) in [6, 6.07) is 4.71. The van der Waals surface area contributed by atoms with Crippen molar-refractivity contribution in [2.75, 3.05) is 13.1 Å². The number of hydrogen-bond donors (Lipinski definition) is 7. The van der Waals surface area contributed by atoms with Crippen molar-refractivity contribution in [3.05, 3.63) is 23.8 Å². The highest BCUT2D eigenvalue weighted by atomic mass is 16.7. The van der Waals surface area contributed by atoms with Crippen LogP contribution in [0.1, 0.15) is 5.56 Å². The normalized spacial score (nSPS) is 10.6. The Morgan fingerprint density at radius 1 is 1.00 bits per heavy atom. The summed E-state index contributed by atoms with van der Waals surface area (Å²) in [5, 5.41) is 41.4. The summed E-state index contributed by atoms with van der Waals surface area (Å²) in [6.45, 7) is -0.0167. The lowest BCUT2D eigenvalue weighted by atomic mass is 10.1. The van der Waals surface area contributed by atoms with Gasteiger partial charge in [0, 0.05) is 0 Å². The van der Waals surface area contributed by atoms with Gasteiger partial charge >= 0.3 is 0 Å². The molecule has 1 aromatic rings. The first-order valence-corrected chi connectivity index (χ1v) is 4.88. The zero-order valence-electron chi connectivity index (χ0n) is 9.24. The smallest absolute Gasteiger partial charge is 0.288 e. The largest absolute Gasteiger partial charge is 0.504 e. The second-order valence-electron chi connectivity index (χ2n) is 3.34. The van der Waals surface area contributed by atoms with Crippen molar-refractivity contribution in [3.8, 4) is 11.5 Å². The van der Waals surface area contributed by atoms with Crippen LogP contribution in [0.15, 0.2) is 18.2 Å². The van der Waals surface area contributed by atoms with E-state index in [0.717, 1.165) is 5.56 Å². The lowest BCUT2D eigenvalue weighted by Gasteiger charge is -2.07. The average molecular weight is 246 g/mol. The standard InChI is InChI=1S/C8H11NO2.C2H7NO3/c9-4-3-6-1-2-7(10)8(11)5-6;3-1-2(4,5)6/h1-2,5,10-11H,3-4,9H2;4-6H,1,3H2. The predicted molar refractivity (Wildman–Crippen MR) is 61.0 cm³/mol. The molecule has 0 spiro atoms. The molecular weight excluding hydrogens is 228 g/mol. The van der Waals surface area contributed by atoms with E-state index in [9.17, 15) is 0 Å². The molecule has 0 fully saturated rings. The lowest BCUT2D eigenvalue weighted by molar-refractivity contribution is -0.302. The minimum absolute atomic E-state index is 0.0871. The summed E-state index contributed by atoms with van der Waals surface area (Å²) >= 11 is 0. The van der Waals surface area contributed by atoms with Crippen LogP contribution in [-0.4, -0.2) is 44.6 Å². The maximum atomic E-state index is 9.04. The zero-order valence-corrected chi connectivity index (χ0v) is 9.24. The molecule has 0 saturated carbocycles. The molecule has 0 heterocycles. The molecular formula is C10H18N2O5. The van der Waals surface area contributed by atoms with Crippen LogP contribution in [0.25, 0.3) is 0 Å². The van der Waals surface area contributed by atoms with Gasteiger partial charge in [-0.05, 0) is 30.7 Å². The van der Waals surface area contributed by atoms with Gasteiger partial charge in [-0.25, -0.2) is 0 Å². The van der Waals surface area contributed by atoms with Gasteiger partial charge in [0.2, 0.25) is 0 Å². The summed E-state index contributed by atoms with van der Waals surface area (Å²) in [4.78, 5) is 0. The molecule has 9 N–H and O–H groups in total. The molecule has 1 rings (SSSR count). The fourth-order valence-corrected chi connectivity index (χ4v) is 0.891. The molecule has 1 aromatic carbocycles. The minimum atomic E-state index is -2.68. The topological polar surface area (TPSA) is 153 Å². The zero-order chi connectivity index (χ0) is 13.5. The Bertz CT molecular complexity index is 338. The van der Waals surface area contributed by atoms with Gasteiger partial charge in [-0.1, -0.05) is 6.07 Å². The highest BCUT2D eigenvalue weighted by Gasteiger charge is 2.12. The maximum Gasteiger partial charge on any atom is 0.288 e. The average Bonchev–Trinajstić information content (AvgIpc) is 2.24. The Hall–Kier alpha value is -1.38. The second kappa shape index (κ2) is 7.05. The van der Waals surface area contributed by atoms with Gasteiger partial charge in [0.15, 0.2) is 11.5 Å². The quantitative estimate of drug-likeness (QED) is 0.244. The maximum absolute atomic E-state index is 9.04. The Kier molecular flexibility index (Phi) is 6.47. The summed E-state index contributed by atoms with van der Waals surface area (Å²) < 4.78 is 0. The number of aromatic hydroxyl groups is 2. The molecule has 0 aromatic heterocycles. The Labute approximate surface area is 98.5 Å². The molecule has 0 atom stereocenters. The third kappa shape index (κ3) is 7.50. The van der Waals surface area contributed by atoms with Crippen LogP contribution in [0.4, 0.5) is 0 Å². The third-order valence-electron chi connectivity index (χ3n) is 1.75. The van der Waals surface area contributed by atoms with Crippen molar-refractivity contribution in [2.24, 2.45) is 11.5 Å². The Morgan fingerprint density at radius 2 is 1.53 bits per heavy atom. The van der Waals surface area contributed by atoms with E-state index in [1.807, 2.05) is 0 Å². The van der Waals surface area contributed by atoms with Crippen molar-refractivity contribution >= 4 is 0 Å². The van der Waals surface area contributed by atoms with E-state index in [1.165, 1.54) is 12.1 Å². The molecule has 7 heteroatoms. The van der Waals surface area contributed by atoms with Crippen molar-refractivity contribution < 1.29 is 25.5 Å². The van der Waals surface area contributed by atoms with Crippen molar-refractivity contribution in [1.29, 1.82) is 0 Å². The summed E-state index contributed by atoms with van der Waals surface area (Å²) in [6.07, 6.45) is 0.716. The van der Waals surface area contributed by atoms with Crippen molar-refractivity contribution in [3.63, 3.8) is 0 Å². The fourth-order valence-electron chi connectivity index (χ4n) is 0.891. The van der Waals surface area contributed by atoms with Crippen LogP contribution in [0, 0.1) is 0 Å². The Morgan fingerprint density at radius 3 is 1.88 bits per heavy atom. The number of benzene rings is 1. The number of phenolic OH excluding ortho intramolecular Hbond substituents is 2. The van der Waals surface area contributed by atoms with Gasteiger partial charge in [0.25, 0.3) is 5.97 Å². The summed E-state index contributed by atoms with van der Waals surface area (Å²) in [5.41, 5.74) is 10.8. The van der Waals surface area contributed by atoms with E-state index in [0.29, 0.717) is 13.0 Å². The predicted octanol–water partition coefficient (Wildman–Crippen LogP) is -1.83. The first-order valence-electron chi connectivity index (χ1n) is 4.88. The minimum Gasteiger partial charge on any atom is -0.504 e. The molecule has 98 valence electrons. The van der Waals surface area contributed by atoms with Gasteiger partial charge in [0.05, 0.1) is 6.54 Å². The van der Waals surface area contributed by atoms with E-state index in [1.54, 1.807) is 6.07 Å². The molecule has 0 unspecified atom stereocenters. The fraction of sp³-hybridized carbons (Fsp3) is 0.400. The number of phenols is 2. The van der Waals surface area contributed by atoms with Crippen LogP contribution >= 0.6 is 0 Å². The van der Waals surface area contributed by atoms with E-state index in [-0.39, 0.29) is 11.5 Å². The first kappa shape index (κ1) is 15.6. The van der Waals surface area contributed by atoms with Gasteiger partial charge < -0.3 is 37.0 Å². The SMILES string of the molecule is NCC(O)(O)O.NCCc1ccc(O)c(O)c1. The van der Waals surface area contributed by atoms with Gasteiger partial charge in [0.1, 0.15) is 0 Å². The summed E-state index contributed by atoms with van der Waals surface area (Å²) in [7, 11) is 0. The van der Waals surface area contributed by atoms with Crippen LogP contribution in [-0.2, 0) is 6.42 Å². The molecule has 17 heavy (non-hydrogen) atoms. The number of hydrogen-bond acceptors (Lipinski definition) is 7. The van der Waals surface area contributed by atoms with Crippen molar-refractivity contribution in [1.82, 2.24) is 0 Å².